The van der Waals surface area contributed by atoms with Crippen LogP contribution in [0.4, 0.5) is 10.1 Å². The lowest BCUT2D eigenvalue weighted by Crippen LogP contribution is -2.35. The number of halogens is 1. The number of nitrogens with one attached hydrogen (secondary N) is 1. The van der Waals surface area contributed by atoms with Gasteiger partial charge in [-0.15, -0.1) is 0 Å². The van der Waals surface area contributed by atoms with Gasteiger partial charge in [-0.1, -0.05) is 0 Å². The molecule has 2 aromatic rings. The fourth-order valence-corrected chi connectivity index (χ4v) is 5.26. The number of rotatable bonds is 5. The Labute approximate surface area is 168 Å². The Bertz CT molecular complexity index is 986. The molecule has 1 amide bonds. The Morgan fingerprint density at radius 3 is 2.79 bits per heavy atom. The van der Waals surface area contributed by atoms with Crippen molar-refractivity contribution in [3.8, 4) is 5.75 Å². The standard InChI is InChI=1S/C19H22FN3O5S/c20-16-7-15(8-17(24)19(16)23-11-18(25)21-29(23,26)27)6-13-2-1-4-22(9-13)10-14-3-5-28-12-14/h3,5,7-8,12-13,24H,1-2,4,6,9-11H2,(H,21,25). The molecule has 1 aromatic carbocycles. The van der Waals surface area contributed by atoms with Crippen LogP contribution in [0.5, 0.6) is 5.75 Å². The average molecular weight is 423 g/mol. The van der Waals surface area contributed by atoms with Gasteiger partial charge in [-0.3, -0.25) is 9.69 Å². The molecule has 2 aliphatic rings. The van der Waals surface area contributed by atoms with E-state index in [0.717, 1.165) is 38.0 Å². The second-order valence-electron chi connectivity index (χ2n) is 7.56. The lowest BCUT2D eigenvalue weighted by atomic mass is 9.91. The van der Waals surface area contributed by atoms with E-state index < -0.39 is 39.9 Å². The quantitative estimate of drug-likeness (QED) is 0.760. The van der Waals surface area contributed by atoms with Gasteiger partial charge >= 0.3 is 10.2 Å². The number of amides is 1. The highest BCUT2D eigenvalue weighted by atomic mass is 32.2. The molecule has 4 rings (SSSR count). The molecule has 8 nitrogen and oxygen atoms in total. The number of benzene rings is 1. The van der Waals surface area contributed by atoms with E-state index in [0.29, 0.717) is 22.2 Å². The Morgan fingerprint density at radius 1 is 1.31 bits per heavy atom. The van der Waals surface area contributed by atoms with Crippen molar-refractivity contribution in [1.29, 1.82) is 0 Å². The minimum Gasteiger partial charge on any atom is -0.506 e. The molecule has 29 heavy (non-hydrogen) atoms. The molecule has 0 aliphatic carbocycles. The van der Waals surface area contributed by atoms with Crippen molar-refractivity contribution in [2.45, 2.75) is 25.8 Å². The summed E-state index contributed by atoms with van der Waals surface area (Å²) < 4.78 is 46.0. The number of piperidine rings is 1. The number of likely N-dealkylation sites (tertiary alicyclic amines) is 1. The molecule has 1 unspecified atom stereocenters. The van der Waals surface area contributed by atoms with Gasteiger partial charge < -0.3 is 9.52 Å². The minimum absolute atomic E-state index is 0.291. The second-order valence-corrected chi connectivity index (χ2v) is 9.16. The number of carbonyl (C=O) groups excluding carboxylic acids is 1. The van der Waals surface area contributed by atoms with Crippen LogP contribution in [-0.2, 0) is 28.0 Å². The maximum absolute atomic E-state index is 14.7. The number of hydrogen-bond acceptors (Lipinski definition) is 6. The van der Waals surface area contributed by atoms with Crippen molar-refractivity contribution >= 4 is 21.8 Å². The number of hydrogen-bond donors (Lipinski definition) is 2. The topological polar surface area (TPSA) is 103 Å². The van der Waals surface area contributed by atoms with Crippen LogP contribution in [-0.4, -0.2) is 44.0 Å². The summed E-state index contributed by atoms with van der Waals surface area (Å²) in [4.78, 5) is 13.7. The largest absolute Gasteiger partial charge is 0.506 e. The summed E-state index contributed by atoms with van der Waals surface area (Å²) in [5.41, 5.74) is 1.20. The molecule has 0 spiro atoms. The van der Waals surface area contributed by atoms with Gasteiger partial charge in [-0.2, -0.15) is 8.42 Å². The molecule has 1 aromatic heterocycles. The van der Waals surface area contributed by atoms with Crippen LogP contribution < -0.4 is 9.03 Å². The summed E-state index contributed by atoms with van der Waals surface area (Å²) >= 11 is 0. The number of anilines is 1. The number of nitrogens with zero attached hydrogens (tertiary/aromatic N) is 2. The van der Waals surface area contributed by atoms with E-state index in [4.69, 9.17) is 4.42 Å². The first kappa shape index (κ1) is 19.7. The lowest BCUT2D eigenvalue weighted by molar-refractivity contribution is -0.117. The average Bonchev–Trinajstić information content (AvgIpc) is 3.22. The molecule has 3 heterocycles. The van der Waals surface area contributed by atoms with E-state index in [1.54, 1.807) is 17.2 Å². The third-order valence-corrected chi connectivity index (χ3v) is 6.66. The summed E-state index contributed by atoms with van der Waals surface area (Å²) in [6.07, 6.45) is 5.95. The number of carbonyl (C=O) groups is 1. The van der Waals surface area contributed by atoms with Crippen molar-refractivity contribution in [1.82, 2.24) is 9.62 Å². The van der Waals surface area contributed by atoms with Gasteiger partial charge in [0.1, 0.15) is 18.0 Å². The van der Waals surface area contributed by atoms with Crippen molar-refractivity contribution in [2.24, 2.45) is 5.92 Å². The third kappa shape index (κ3) is 4.23. The van der Waals surface area contributed by atoms with Gasteiger partial charge in [0.25, 0.3) is 5.91 Å². The Kier molecular flexibility index (Phi) is 5.22. The fourth-order valence-electron chi connectivity index (χ4n) is 4.09. The molecule has 2 N–H and O–H groups in total. The van der Waals surface area contributed by atoms with Crippen molar-refractivity contribution in [2.75, 3.05) is 23.9 Å². The SMILES string of the molecule is O=C1CN(c2c(O)cc(CC3CCCN(Cc4ccoc4)C3)cc2F)S(=O)(=O)N1. The van der Waals surface area contributed by atoms with Crippen LogP contribution >= 0.6 is 0 Å². The van der Waals surface area contributed by atoms with Crippen LogP contribution in [0.25, 0.3) is 0 Å². The smallest absolute Gasteiger partial charge is 0.326 e. The van der Waals surface area contributed by atoms with E-state index in [2.05, 4.69) is 4.90 Å². The molecule has 2 aliphatic heterocycles. The molecule has 1 atom stereocenters. The van der Waals surface area contributed by atoms with E-state index in [1.165, 1.54) is 12.1 Å². The van der Waals surface area contributed by atoms with E-state index >= 15 is 0 Å². The summed E-state index contributed by atoms with van der Waals surface area (Å²) in [5, 5.41) is 10.3. The van der Waals surface area contributed by atoms with E-state index in [9.17, 15) is 22.7 Å². The number of aromatic hydroxyl groups is 1. The Morgan fingerprint density at radius 2 is 2.14 bits per heavy atom. The molecule has 2 saturated heterocycles. The summed E-state index contributed by atoms with van der Waals surface area (Å²) in [7, 11) is -4.19. The molecular weight excluding hydrogens is 401 g/mol. The monoisotopic (exact) mass is 423 g/mol. The highest BCUT2D eigenvalue weighted by Gasteiger charge is 2.37. The summed E-state index contributed by atoms with van der Waals surface area (Å²) in [5.74, 6) is -1.84. The molecule has 2 fully saturated rings. The fraction of sp³-hybridized carbons (Fsp3) is 0.421. The second kappa shape index (κ2) is 7.68. The van der Waals surface area contributed by atoms with Gasteiger partial charge in [-0.05, 0) is 55.5 Å². The third-order valence-electron chi connectivity index (χ3n) is 5.29. The zero-order valence-corrected chi connectivity index (χ0v) is 16.5. The predicted molar refractivity (Wildman–Crippen MR) is 103 cm³/mol. The van der Waals surface area contributed by atoms with E-state index in [1.807, 2.05) is 6.07 Å². The number of furan rings is 1. The molecule has 156 valence electrons. The maximum Gasteiger partial charge on any atom is 0.326 e. The van der Waals surface area contributed by atoms with Crippen LogP contribution in [0.1, 0.15) is 24.0 Å². The summed E-state index contributed by atoms with van der Waals surface area (Å²) in [6.45, 7) is 2.06. The Hall–Kier alpha value is -2.59. The van der Waals surface area contributed by atoms with Crippen molar-refractivity contribution < 1.29 is 27.1 Å². The molecule has 0 saturated carbocycles. The highest BCUT2D eigenvalue weighted by Crippen LogP contribution is 2.35. The van der Waals surface area contributed by atoms with Gasteiger partial charge in [0.2, 0.25) is 0 Å². The van der Waals surface area contributed by atoms with Crippen LogP contribution in [0.2, 0.25) is 0 Å². The van der Waals surface area contributed by atoms with Gasteiger partial charge in [0.15, 0.2) is 5.82 Å². The minimum atomic E-state index is -4.19. The molecule has 0 radical (unpaired) electrons. The molecular formula is C19H22FN3O5S. The zero-order valence-electron chi connectivity index (χ0n) is 15.7. The zero-order chi connectivity index (χ0) is 20.6. The normalized spacial score (nSPS) is 22.0. The van der Waals surface area contributed by atoms with Crippen molar-refractivity contribution in [3.05, 3.63) is 47.7 Å². The molecule has 10 heteroatoms. The van der Waals surface area contributed by atoms with Crippen molar-refractivity contribution in [3.63, 3.8) is 0 Å². The number of phenolic OH excluding ortho intramolecular Hbond substituents is 1. The van der Waals surface area contributed by atoms with Crippen LogP contribution in [0.3, 0.4) is 0 Å². The van der Waals surface area contributed by atoms with Crippen LogP contribution in [0.15, 0.2) is 35.1 Å². The number of phenols is 1. The van der Waals surface area contributed by atoms with E-state index in [-0.39, 0.29) is 0 Å². The first-order valence-corrected chi connectivity index (χ1v) is 10.8. The first-order valence-electron chi connectivity index (χ1n) is 9.40. The highest BCUT2D eigenvalue weighted by molar-refractivity contribution is 7.92. The van der Waals surface area contributed by atoms with Gasteiger partial charge in [0.05, 0.1) is 12.5 Å². The predicted octanol–water partition coefficient (Wildman–Crippen LogP) is 1.76. The van der Waals surface area contributed by atoms with Gasteiger partial charge in [0, 0.05) is 18.7 Å². The van der Waals surface area contributed by atoms with Gasteiger partial charge in [-0.25, -0.2) is 13.4 Å². The lowest BCUT2D eigenvalue weighted by Gasteiger charge is -2.32. The summed E-state index contributed by atoms with van der Waals surface area (Å²) in [6, 6.07) is 4.55. The first-order chi connectivity index (χ1) is 13.8. The van der Waals surface area contributed by atoms with Crippen LogP contribution in [0, 0.1) is 11.7 Å². The molecule has 0 bridgehead atoms. The maximum atomic E-state index is 14.7. The Balaban J connectivity index is 1.48.